The molecule has 0 aliphatic carbocycles. The Hall–Kier alpha value is -2.49. The number of hydrogen-bond acceptors (Lipinski definition) is 3. The van der Waals surface area contributed by atoms with E-state index in [1.165, 1.54) is 0 Å². The summed E-state index contributed by atoms with van der Waals surface area (Å²) in [7, 11) is 0. The van der Waals surface area contributed by atoms with E-state index in [1.54, 1.807) is 4.52 Å². The van der Waals surface area contributed by atoms with Gasteiger partial charge in [-0.2, -0.15) is 0 Å². The lowest BCUT2D eigenvalue weighted by molar-refractivity contribution is 0.964. The summed E-state index contributed by atoms with van der Waals surface area (Å²) in [5.41, 5.74) is 4.04. The van der Waals surface area contributed by atoms with Gasteiger partial charge in [-0.05, 0) is 37.1 Å². The maximum atomic E-state index is 4.54. The molecule has 4 nitrogen and oxygen atoms in total. The van der Waals surface area contributed by atoms with E-state index < -0.39 is 0 Å². The number of hydrogen-bond donors (Lipinski definition) is 0. The molecular formula is C15H14N4. The molecule has 0 atom stereocenters. The number of rotatable bonds is 2. The molecule has 0 unspecified atom stereocenters. The molecule has 0 aliphatic rings. The van der Waals surface area contributed by atoms with Gasteiger partial charge in [0.2, 0.25) is 0 Å². The minimum absolute atomic E-state index is 0.704. The van der Waals surface area contributed by atoms with Crippen LogP contribution < -0.4 is 0 Å². The summed E-state index contributed by atoms with van der Waals surface area (Å²) >= 11 is 0. The van der Waals surface area contributed by atoms with Crippen LogP contribution in [0.15, 0.2) is 42.9 Å². The van der Waals surface area contributed by atoms with Gasteiger partial charge in [-0.3, -0.25) is 4.98 Å². The van der Waals surface area contributed by atoms with Crippen LogP contribution in [0, 0.1) is 6.92 Å². The van der Waals surface area contributed by atoms with Crippen LogP contribution in [0.4, 0.5) is 0 Å². The molecule has 0 fully saturated rings. The van der Waals surface area contributed by atoms with Crippen molar-refractivity contribution < 1.29 is 0 Å². The molecule has 0 spiro atoms. The largest absolute Gasteiger partial charge is 0.264 e. The van der Waals surface area contributed by atoms with Gasteiger partial charge in [0.05, 0.1) is 0 Å². The van der Waals surface area contributed by atoms with Crippen LogP contribution in [-0.2, 0) is 0 Å². The van der Waals surface area contributed by atoms with Crippen molar-refractivity contribution in [2.45, 2.75) is 13.8 Å². The van der Waals surface area contributed by atoms with Gasteiger partial charge in [0.15, 0.2) is 11.5 Å². The highest BCUT2D eigenvalue weighted by atomic mass is 15.3. The number of fused-ring (bicyclic) bond motifs is 1. The maximum absolute atomic E-state index is 4.54. The minimum Gasteiger partial charge on any atom is -0.264 e. The lowest BCUT2D eigenvalue weighted by atomic mass is 10.0. The van der Waals surface area contributed by atoms with E-state index in [1.807, 2.05) is 56.7 Å². The van der Waals surface area contributed by atoms with Gasteiger partial charge in [-0.15, -0.1) is 5.10 Å². The van der Waals surface area contributed by atoms with Gasteiger partial charge < -0.3 is 0 Å². The van der Waals surface area contributed by atoms with E-state index in [-0.39, 0.29) is 0 Å². The van der Waals surface area contributed by atoms with Crippen molar-refractivity contribution in [1.82, 2.24) is 19.6 Å². The van der Waals surface area contributed by atoms with Crippen molar-refractivity contribution in [2.75, 3.05) is 0 Å². The summed E-state index contributed by atoms with van der Waals surface area (Å²) in [5.74, 6) is 0.704. The molecule has 0 radical (unpaired) electrons. The molecule has 0 N–H and O–H groups in total. The highest BCUT2D eigenvalue weighted by Crippen LogP contribution is 2.24. The maximum Gasteiger partial charge on any atom is 0.184 e. The van der Waals surface area contributed by atoms with E-state index in [4.69, 9.17) is 0 Å². The number of aromatic nitrogens is 4. The molecule has 4 heteroatoms. The second-order valence-electron chi connectivity index (χ2n) is 4.36. The van der Waals surface area contributed by atoms with Gasteiger partial charge in [0, 0.05) is 24.2 Å². The van der Waals surface area contributed by atoms with Gasteiger partial charge in [0.1, 0.15) is 0 Å². The molecule has 0 aromatic carbocycles. The SMILES string of the molecule is C/C=C\c1c(C)cncc1-c1nc2ccccn2n1. The fourth-order valence-electron chi connectivity index (χ4n) is 2.09. The second kappa shape index (κ2) is 4.65. The van der Waals surface area contributed by atoms with E-state index in [9.17, 15) is 0 Å². The lowest BCUT2D eigenvalue weighted by Crippen LogP contribution is -1.92. The first-order valence-electron chi connectivity index (χ1n) is 6.18. The fraction of sp³-hybridized carbons (Fsp3) is 0.133. The first-order chi connectivity index (χ1) is 9.29. The van der Waals surface area contributed by atoms with Crippen LogP contribution in [0.5, 0.6) is 0 Å². The molecule has 94 valence electrons. The van der Waals surface area contributed by atoms with Crippen molar-refractivity contribution in [2.24, 2.45) is 0 Å². The van der Waals surface area contributed by atoms with Crippen molar-refractivity contribution in [3.8, 4) is 11.4 Å². The molecule has 3 aromatic rings. The molecule has 0 saturated heterocycles. The fourth-order valence-corrected chi connectivity index (χ4v) is 2.09. The van der Waals surface area contributed by atoms with Gasteiger partial charge >= 0.3 is 0 Å². The van der Waals surface area contributed by atoms with Crippen LogP contribution in [0.2, 0.25) is 0 Å². The third-order valence-corrected chi connectivity index (χ3v) is 3.00. The monoisotopic (exact) mass is 250 g/mol. The number of aryl methyl sites for hydroxylation is 1. The molecule has 0 bridgehead atoms. The van der Waals surface area contributed by atoms with Crippen molar-refractivity contribution in [3.63, 3.8) is 0 Å². The first kappa shape index (κ1) is 11.6. The Bertz CT molecular complexity index is 723. The average molecular weight is 250 g/mol. The lowest BCUT2D eigenvalue weighted by Gasteiger charge is -2.04. The summed E-state index contributed by atoms with van der Waals surface area (Å²) in [6, 6.07) is 5.83. The summed E-state index contributed by atoms with van der Waals surface area (Å²) in [6.07, 6.45) is 9.65. The first-order valence-corrected chi connectivity index (χ1v) is 6.18. The molecule has 0 amide bonds. The highest BCUT2D eigenvalue weighted by Gasteiger charge is 2.11. The molecule has 0 aliphatic heterocycles. The van der Waals surface area contributed by atoms with Gasteiger partial charge in [-0.25, -0.2) is 9.50 Å². The Labute approximate surface area is 111 Å². The van der Waals surface area contributed by atoms with Crippen LogP contribution in [-0.4, -0.2) is 19.6 Å². The average Bonchev–Trinajstić information content (AvgIpc) is 2.85. The summed E-state index contributed by atoms with van der Waals surface area (Å²) in [6.45, 7) is 4.04. The van der Waals surface area contributed by atoms with Crippen molar-refractivity contribution in [1.29, 1.82) is 0 Å². The summed E-state index contributed by atoms with van der Waals surface area (Å²) < 4.78 is 1.77. The van der Waals surface area contributed by atoms with Crippen LogP contribution >= 0.6 is 0 Å². The van der Waals surface area contributed by atoms with E-state index in [2.05, 4.69) is 21.1 Å². The Morgan fingerprint density at radius 1 is 1.21 bits per heavy atom. The normalized spacial score (nSPS) is 11.5. The third kappa shape index (κ3) is 2.01. The summed E-state index contributed by atoms with van der Waals surface area (Å²) in [5, 5.41) is 4.50. The second-order valence-corrected chi connectivity index (χ2v) is 4.36. The predicted octanol–water partition coefficient (Wildman–Crippen LogP) is 3.13. The topological polar surface area (TPSA) is 43.1 Å². The minimum atomic E-state index is 0.704. The quantitative estimate of drug-likeness (QED) is 0.701. The Morgan fingerprint density at radius 2 is 2.11 bits per heavy atom. The van der Waals surface area contributed by atoms with Crippen LogP contribution in [0.3, 0.4) is 0 Å². The van der Waals surface area contributed by atoms with Gasteiger partial charge in [0.25, 0.3) is 0 Å². The number of allylic oxidation sites excluding steroid dienone is 1. The number of pyridine rings is 2. The zero-order chi connectivity index (χ0) is 13.2. The zero-order valence-electron chi connectivity index (χ0n) is 10.9. The van der Waals surface area contributed by atoms with Crippen LogP contribution in [0.1, 0.15) is 18.1 Å². The third-order valence-electron chi connectivity index (χ3n) is 3.00. The summed E-state index contributed by atoms with van der Waals surface area (Å²) in [4.78, 5) is 8.80. The predicted molar refractivity (Wildman–Crippen MR) is 75.7 cm³/mol. The zero-order valence-corrected chi connectivity index (χ0v) is 10.9. The molecule has 3 rings (SSSR count). The van der Waals surface area contributed by atoms with E-state index in [0.717, 1.165) is 22.3 Å². The number of nitrogens with zero attached hydrogens (tertiary/aromatic N) is 4. The van der Waals surface area contributed by atoms with E-state index in [0.29, 0.717) is 5.82 Å². The van der Waals surface area contributed by atoms with Crippen molar-refractivity contribution >= 4 is 11.7 Å². The van der Waals surface area contributed by atoms with Crippen molar-refractivity contribution in [3.05, 3.63) is 54.0 Å². The van der Waals surface area contributed by atoms with Crippen LogP contribution in [0.25, 0.3) is 23.1 Å². The molecule has 0 saturated carbocycles. The van der Waals surface area contributed by atoms with Gasteiger partial charge in [-0.1, -0.05) is 18.2 Å². The Balaban J connectivity index is 2.23. The Morgan fingerprint density at radius 3 is 2.89 bits per heavy atom. The Kier molecular flexibility index (Phi) is 2.83. The molecule has 3 aromatic heterocycles. The smallest absolute Gasteiger partial charge is 0.184 e. The van der Waals surface area contributed by atoms with E-state index >= 15 is 0 Å². The standard InChI is InChI=1S/C15H14N4/c1-3-6-12-11(2)9-16-10-13(12)15-17-14-7-4-5-8-19(14)18-15/h3-10H,1-2H3/b6-3-. The molecular weight excluding hydrogens is 236 g/mol. The molecule has 3 heterocycles. The highest BCUT2D eigenvalue weighted by molar-refractivity contribution is 5.72. The molecule has 19 heavy (non-hydrogen) atoms.